The molecule has 3 aliphatic rings. The van der Waals surface area contributed by atoms with Gasteiger partial charge in [0.15, 0.2) is 0 Å². The van der Waals surface area contributed by atoms with Crippen molar-refractivity contribution in [1.29, 1.82) is 0 Å². The van der Waals surface area contributed by atoms with E-state index in [1.807, 2.05) is 24.5 Å². The van der Waals surface area contributed by atoms with Gasteiger partial charge in [-0.05, 0) is 36.6 Å². The lowest BCUT2D eigenvalue weighted by Crippen LogP contribution is -2.48. The van der Waals surface area contributed by atoms with Crippen LogP contribution in [0.5, 0.6) is 0 Å². The van der Waals surface area contributed by atoms with Crippen molar-refractivity contribution in [3.63, 3.8) is 0 Å². The standard InChI is InChI=1S/C27H32ClN5O/c1-19-30-25-23(28)15-21-14-22(34-26(21)24(25)27(31-19)7-3-2-4-8-27)18-33-12-10-32(11-13-33)17-20-6-5-9-29-16-20/h5-6,9,14-16,30-31H,1-4,7-8,10-13,17-18H2. The number of anilines is 1. The normalized spacial score (nSPS) is 20.8. The lowest BCUT2D eigenvalue weighted by Gasteiger charge is -2.44. The van der Waals surface area contributed by atoms with E-state index in [9.17, 15) is 0 Å². The quantitative estimate of drug-likeness (QED) is 0.521. The fourth-order valence-electron chi connectivity index (χ4n) is 6.00. The third kappa shape index (κ3) is 4.08. The molecule has 7 heteroatoms. The van der Waals surface area contributed by atoms with E-state index >= 15 is 0 Å². The van der Waals surface area contributed by atoms with Crippen LogP contribution in [0.1, 0.15) is 49.0 Å². The molecule has 0 radical (unpaired) electrons. The first-order valence-electron chi connectivity index (χ1n) is 12.4. The third-order valence-electron chi connectivity index (χ3n) is 7.63. The molecule has 4 heterocycles. The number of hydrogen-bond donors (Lipinski definition) is 2. The molecule has 1 saturated heterocycles. The van der Waals surface area contributed by atoms with E-state index in [1.54, 1.807) is 0 Å². The minimum Gasteiger partial charge on any atom is -0.459 e. The summed E-state index contributed by atoms with van der Waals surface area (Å²) in [7, 11) is 0. The Morgan fingerprint density at radius 3 is 2.56 bits per heavy atom. The van der Waals surface area contributed by atoms with E-state index in [2.05, 4.69) is 44.1 Å². The van der Waals surface area contributed by atoms with Crippen LogP contribution >= 0.6 is 11.6 Å². The van der Waals surface area contributed by atoms with E-state index in [0.717, 1.165) is 85.4 Å². The zero-order valence-electron chi connectivity index (χ0n) is 19.6. The predicted molar refractivity (Wildman–Crippen MR) is 137 cm³/mol. The van der Waals surface area contributed by atoms with E-state index < -0.39 is 0 Å². The number of rotatable bonds is 4. The van der Waals surface area contributed by atoms with Gasteiger partial charge in [-0.25, -0.2) is 0 Å². The van der Waals surface area contributed by atoms with Crippen LogP contribution in [0.3, 0.4) is 0 Å². The second-order valence-corrected chi connectivity index (χ2v) is 10.4. The van der Waals surface area contributed by atoms with Crippen molar-refractivity contribution in [2.24, 2.45) is 0 Å². The van der Waals surface area contributed by atoms with E-state index in [-0.39, 0.29) is 5.54 Å². The molecular weight excluding hydrogens is 446 g/mol. The van der Waals surface area contributed by atoms with Gasteiger partial charge in [0.25, 0.3) is 0 Å². The van der Waals surface area contributed by atoms with Crippen molar-refractivity contribution in [2.75, 3.05) is 31.5 Å². The number of nitrogens with zero attached hydrogens (tertiary/aromatic N) is 3. The van der Waals surface area contributed by atoms with Gasteiger partial charge in [-0.2, -0.15) is 0 Å². The molecule has 1 spiro atoms. The molecule has 2 fully saturated rings. The highest BCUT2D eigenvalue weighted by Crippen LogP contribution is 2.49. The number of pyridine rings is 1. The van der Waals surface area contributed by atoms with Gasteiger partial charge in [-0.15, -0.1) is 0 Å². The third-order valence-corrected chi connectivity index (χ3v) is 7.93. The minimum atomic E-state index is -0.147. The molecule has 2 aliphatic heterocycles. The maximum Gasteiger partial charge on any atom is 0.142 e. The summed E-state index contributed by atoms with van der Waals surface area (Å²) in [4.78, 5) is 9.23. The van der Waals surface area contributed by atoms with Crippen LogP contribution in [0.4, 0.5) is 5.69 Å². The SMILES string of the molecule is C=C1Nc2c(Cl)cc3cc(CN4CCN(Cc5cccnc5)CC4)oc3c2C2(CCCCC2)N1. The Morgan fingerprint density at radius 1 is 1.06 bits per heavy atom. The molecular formula is C27H32ClN5O. The number of aromatic nitrogens is 1. The topological polar surface area (TPSA) is 56.6 Å². The zero-order valence-corrected chi connectivity index (χ0v) is 20.3. The molecule has 0 bridgehead atoms. The van der Waals surface area contributed by atoms with Crippen LogP contribution in [0.25, 0.3) is 11.0 Å². The highest BCUT2D eigenvalue weighted by molar-refractivity contribution is 6.34. The predicted octanol–water partition coefficient (Wildman–Crippen LogP) is 5.44. The van der Waals surface area contributed by atoms with E-state index in [1.165, 1.54) is 30.4 Å². The molecule has 34 heavy (non-hydrogen) atoms. The Kier molecular flexibility index (Phi) is 5.76. The summed E-state index contributed by atoms with van der Waals surface area (Å²) >= 11 is 6.78. The molecule has 1 aliphatic carbocycles. The first kappa shape index (κ1) is 22.0. The van der Waals surface area contributed by atoms with Crippen molar-refractivity contribution >= 4 is 28.3 Å². The van der Waals surface area contributed by atoms with Gasteiger partial charge < -0.3 is 15.1 Å². The number of hydrogen-bond acceptors (Lipinski definition) is 6. The molecule has 1 aromatic carbocycles. The average molecular weight is 478 g/mol. The highest BCUT2D eigenvalue weighted by atomic mass is 35.5. The molecule has 0 unspecified atom stereocenters. The van der Waals surface area contributed by atoms with Gasteiger partial charge in [-0.3, -0.25) is 14.8 Å². The zero-order chi connectivity index (χ0) is 23.1. The largest absolute Gasteiger partial charge is 0.459 e. The molecule has 6 rings (SSSR count). The van der Waals surface area contributed by atoms with Crippen LogP contribution in [0.15, 0.2) is 53.5 Å². The number of nitrogens with one attached hydrogen (secondary N) is 2. The Morgan fingerprint density at radius 2 is 1.82 bits per heavy atom. The van der Waals surface area contributed by atoms with Crippen LogP contribution in [0.2, 0.25) is 5.02 Å². The summed E-state index contributed by atoms with van der Waals surface area (Å²) < 4.78 is 6.58. The lowest BCUT2D eigenvalue weighted by atomic mass is 9.74. The summed E-state index contributed by atoms with van der Waals surface area (Å²) in [5, 5.41) is 8.90. The molecule has 0 atom stereocenters. The van der Waals surface area contributed by atoms with Crippen molar-refractivity contribution in [1.82, 2.24) is 20.1 Å². The van der Waals surface area contributed by atoms with Crippen LogP contribution < -0.4 is 10.6 Å². The van der Waals surface area contributed by atoms with Crippen molar-refractivity contribution in [2.45, 2.75) is 50.7 Å². The Labute approximate surface area is 206 Å². The Bertz CT molecular complexity index is 1190. The van der Waals surface area contributed by atoms with E-state index in [4.69, 9.17) is 16.0 Å². The summed E-state index contributed by atoms with van der Waals surface area (Å²) in [5.41, 5.74) is 4.25. The van der Waals surface area contributed by atoms with Crippen LogP contribution in [-0.4, -0.2) is 41.0 Å². The fraction of sp³-hybridized carbons (Fsp3) is 0.444. The van der Waals surface area contributed by atoms with Gasteiger partial charge in [0.2, 0.25) is 0 Å². The average Bonchev–Trinajstić information content (AvgIpc) is 3.23. The van der Waals surface area contributed by atoms with Gasteiger partial charge in [0.05, 0.1) is 28.6 Å². The number of fused-ring (bicyclic) bond motifs is 4. The molecule has 1 saturated carbocycles. The van der Waals surface area contributed by atoms with Crippen LogP contribution in [-0.2, 0) is 18.6 Å². The first-order chi connectivity index (χ1) is 16.6. The van der Waals surface area contributed by atoms with Crippen molar-refractivity contribution in [3.05, 3.63) is 71.0 Å². The maximum atomic E-state index is 6.78. The molecule has 6 nitrogen and oxygen atoms in total. The van der Waals surface area contributed by atoms with Gasteiger partial charge >= 0.3 is 0 Å². The number of halogens is 1. The first-order valence-corrected chi connectivity index (χ1v) is 12.8. The molecule has 178 valence electrons. The number of furan rings is 1. The van der Waals surface area contributed by atoms with Crippen LogP contribution in [0, 0.1) is 0 Å². The smallest absolute Gasteiger partial charge is 0.142 e. The van der Waals surface area contributed by atoms with Gasteiger partial charge in [0, 0.05) is 56.1 Å². The number of piperazine rings is 1. The summed E-state index contributed by atoms with van der Waals surface area (Å²) in [6.07, 6.45) is 9.62. The minimum absolute atomic E-state index is 0.147. The van der Waals surface area contributed by atoms with Crippen molar-refractivity contribution < 1.29 is 4.42 Å². The molecule has 2 N–H and O–H groups in total. The van der Waals surface area contributed by atoms with Crippen molar-refractivity contribution in [3.8, 4) is 0 Å². The maximum absolute atomic E-state index is 6.78. The second kappa shape index (κ2) is 8.91. The van der Waals surface area contributed by atoms with Gasteiger partial charge in [0.1, 0.15) is 11.3 Å². The highest BCUT2D eigenvalue weighted by Gasteiger charge is 2.42. The second-order valence-electron chi connectivity index (χ2n) is 10.0. The monoisotopic (exact) mass is 477 g/mol. The summed E-state index contributed by atoms with van der Waals surface area (Å²) in [5.74, 6) is 1.84. The summed E-state index contributed by atoms with van der Waals surface area (Å²) in [6, 6.07) is 8.38. The Hall–Kier alpha value is -2.54. The lowest BCUT2D eigenvalue weighted by molar-refractivity contribution is 0.116. The number of benzene rings is 1. The van der Waals surface area contributed by atoms with Gasteiger partial charge in [-0.1, -0.05) is 43.5 Å². The molecule has 2 aromatic heterocycles. The summed E-state index contributed by atoms with van der Waals surface area (Å²) in [6.45, 7) is 10.1. The fourth-order valence-corrected chi connectivity index (χ4v) is 6.26. The van der Waals surface area contributed by atoms with E-state index in [0.29, 0.717) is 0 Å². The Balaban J connectivity index is 1.22. The molecule has 3 aromatic rings. The molecule has 0 amide bonds.